The Bertz CT molecular complexity index is 96.5. The molecule has 0 aliphatic carbocycles. The van der Waals surface area contributed by atoms with E-state index in [9.17, 15) is 0 Å². The molecule has 0 amide bonds. The lowest BCUT2D eigenvalue weighted by molar-refractivity contribution is 0.239. The molecular formula is C3H5Cl2O4P. The molecule has 10 heavy (non-hydrogen) atoms. The summed E-state index contributed by atoms with van der Waals surface area (Å²) in [5.74, 6) is 0. The van der Waals surface area contributed by atoms with Crippen LogP contribution >= 0.6 is 32.3 Å². The van der Waals surface area contributed by atoms with Crippen molar-refractivity contribution in [1.82, 2.24) is 0 Å². The first-order valence-corrected chi connectivity index (χ1v) is 4.20. The van der Waals surface area contributed by atoms with Crippen LogP contribution in [0, 0.1) is 0 Å². The fourth-order valence-electron chi connectivity index (χ4n) is 0.359. The molecule has 1 unspecified atom stereocenters. The van der Waals surface area contributed by atoms with Crippen molar-refractivity contribution in [2.45, 2.75) is 6.10 Å². The lowest BCUT2D eigenvalue weighted by atomic mass is 10.5. The van der Waals surface area contributed by atoms with E-state index < -0.39 is 8.60 Å². The van der Waals surface area contributed by atoms with E-state index in [1.165, 1.54) is 0 Å². The summed E-state index contributed by atoms with van der Waals surface area (Å²) in [5.41, 5.74) is 0. The second kappa shape index (κ2) is 4.67. The summed E-state index contributed by atoms with van der Waals surface area (Å²) in [7, 11) is -1.60. The van der Waals surface area contributed by atoms with Crippen molar-refractivity contribution in [3.63, 3.8) is 0 Å². The minimum absolute atomic E-state index is 0.156. The summed E-state index contributed by atoms with van der Waals surface area (Å²) in [6, 6.07) is 0. The van der Waals surface area contributed by atoms with Gasteiger partial charge in [0.1, 0.15) is 6.10 Å². The standard InChI is InChI=1S/C3H5Cl2O4P/c4-8-10(9-5)7-2-3-1-6-3/h3H,1-2H2. The lowest BCUT2D eigenvalue weighted by Gasteiger charge is -2.04. The lowest BCUT2D eigenvalue weighted by Crippen LogP contribution is -1.96. The molecule has 0 radical (unpaired) electrons. The van der Waals surface area contributed by atoms with Crippen LogP contribution in [0.25, 0.3) is 0 Å². The molecule has 0 bridgehead atoms. The fourth-order valence-corrected chi connectivity index (χ4v) is 1.24. The maximum Gasteiger partial charge on any atom is 0.368 e. The van der Waals surface area contributed by atoms with Crippen molar-refractivity contribution in [3.05, 3.63) is 0 Å². The van der Waals surface area contributed by atoms with E-state index in [1.54, 1.807) is 0 Å². The third-order valence-electron chi connectivity index (χ3n) is 0.881. The van der Waals surface area contributed by atoms with Crippen LogP contribution in [0.2, 0.25) is 0 Å². The normalized spacial score (nSPS) is 23.7. The van der Waals surface area contributed by atoms with Gasteiger partial charge in [-0.25, -0.2) is 0 Å². The number of epoxide rings is 1. The van der Waals surface area contributed by atoms with Crippen molar-refractivity contribution in [2.75, 3.05) is 13.2 Å². The first kappa shape index (κ1) is 8.94. The first-order valence-electron chi connectivity index (χ1n) is 2.49. The first-order chi connectivity index (χ1) is 4.86. The number of halogens is 2. The summed E-state index contributed by atoms with van der Waals surface area (Å²) in [4.78, 5) is 0. The SMILES string of the molecule is ClOP(OCl)OCC1CO1. The second-order valence-electron chi connectivity index (χ2n) is 1.61. The molecular weight excluding hydrogens is 202 g/mol. The van der Waals surface area contributed by atoms with Gasteiger partial charge in [0.25, 0.3) is 0 Å². The zero-order chi connectivity index (χ0) is 7.40. The molecule has 0 aromatic heterocycles. The quantitative estimate of drug-likeness (QED) is 0.510. The molecule has 0 saturated carbocycles. The van der Waals surface area contributed by atoms with Crippen LogP contribution in [0.3, 0.4) is 0 Å². The molecule has 1 heterocycles. The van der Waals surface area contributed by atoms with Gasteiger partial charge in [-0.3, -0.25) is 0 Å². The molecule has 0 spiro atoms. The number of ether oxygens (including phenoxy) is 1. The van der Waals surface area contributed by atoms with Crippen molar-refractivity contribution >= 4 is 32.3 Å². The van der Waals surface area contributed by atoms with Gasteiger partial charge in [0.2, 0.25) is 0 Å². The van der Waals surface area contributed by atoms with E-state index in [-0.39, 0.29) is 6.10 Å². The Balaban J connectivity index is 1.97. The molecule has 60 valence electrons. The van der Waals surface area contributed by atoms with Crippen molar-refractivity contribution < 1.29 is 17.4 Å². The minimum Gasteiger partial charge on any atom is -0.371 e. The smallest absolute Gasteiger partial charge is 0.368 e. The second-order valence-corrected chi connectivity index (χ2v) is 3.42. The Kier molecular flexibility index (Phi) is 4.18. The minimum atomic E-state index is -1.60. The van der Waals surface area contributed by atoms with Crippen LogP contribution in [-0.4, -0.2) is 19.3 Å². The molecule has 1 atom stereocenters. The Morgan fingerprint density at radius 3 is 2.50 bits per heavy atom. The highest BCUT2D eigenvalue weighted by Crippen LogP contribution is 2.42. The van der Waals surface area contributed by atoms with E-state index >= 15 is 0 Å². The summed E-state index contributed by atoms with van der Waals surface area (Å²) in [5, 5.41) is 0. The van der Waals surface area contributed by atoms with Crippen LogP contribution in [0.1, 0.15) is 0 Å². The maximum atomic E-state index is 4.93. The summed E-state index contributed by atoms with van der Waals surface area (Å²) in [6.45, 7) is 1.12. The van der Waals surface area contributed by atoms with E-state index in [0.717, 1.165) is 0 Å². The zero-order valence-corrected chi connectivity index (χ0v) is 7.23. The molecule has 1 saturated heterocycles. The van der Waals surface area contributed by atoms with Crippen LogP contribution < -0.4 is 0 Å². The molecule has 1 aliphatic rings. The van der Waals surface area contributed by atoms with Crippen LogP contribution in [-0.2, 0) is 17.4 Å². The van der Waals surface area contributed by atoms with Gasteiger partial charge in [-0.05, 0) is 0 Å². The fraction of sp³-hybridized carbons (Fsp3) is 1.00. The largest absolute Gasteiger partial charge is 0.371 e. The highest BCUT2D eigenvalue weighted by atomic mass is 35.5. The Labute approximate surface area is 69.6 Å². The maximum absolute atomic E-state index is 4.93. The Morgan fingerprint density at radius 2 is 2.10 bits per heavy atom. The molecule has 0 N–H and O–H groups in total. The van der Waals surface area contributed by atoms with Crippen molar-refractivity contribution in [3.8, 4) is 0 Å². The number of hydrogen-bond acceptors (Lipinski definition) is 4. The molecule has 4 nitrogen and oxygen atoms in total. The van der Waals surface area contributed by atoms with Crippen LogP contribution in [0.4, 0.5) is 0 Å². The van der Waals surface area contributed by atoms with Gasteiger partial charge in [-0.15, -0.1) is 0 Å². The topological polar surface area (TPSA) is 40.2 Å². The summed E-state index contributed by atoms with van der Waals surface area (Å²) < 4.78 is 18.1. The molecule has 1 fully saturated rings. The van der Waals surface area contributed by atoms with Gasteiger partial charge in [-0.2, -0.15) is 8.15 Å². The molecule has 1 rings (SSSR count). The molecule has 0 aromatic rings. The Hall–Kier alpha value is 0.850. The zero-order valence-electron chi connectivity index (χ0n) is 4.83. The molecule has 1 aliphatic heterocycles. The van der Waals surface area contributed by atoms with Gasteiger partial charge in [-0.1, -0.05) is 0 Å². The van der Waals surface area contributed by atoms with Gasteiger partial charge in [0.15, 0.2) is 0 Å². The van der Waals surface area contributed by atoms with Gasteiger partial charge < -0.3 is 9.26 Å². The predicted octanol–water partition coefficient (Wildman–Crippen LogP) is 1.97. The highest BCUT2D eigenvalue weighted by molar-refractivity contribution is 7.43. The third-order valence-corrected chi connectivity index (χ3v) is 2.14. The summed E-state index contributed by atoms with van der Waals surface area (Å²) >= 11 is 9.85. The predicted molar refractivity (Wildman–Crippen MR) is 36.5 cm³/mol. The van der Waals surface area contributed by atoms with Gasteiger partial charge >= 0.3 is 8.60 Å². The number of hydrogen-bond donors (Lipinski definition) is 0. The van der Waals surface area contributed by atoms with Crippen molar-refractivity contribution in [2.24, 2.45) is 0 Å². The van der Waals surface area contributed by atoms with Crippen LogP contribution in [0.5, 0.6) is 0 Å². The third kappa shape index (κ3) is 3.30. The van der Waals surface area contributed by atoms with Crippen molar-refractivity contribution in [1.29, 1.82) is 0 Å². The molecule has 0 aromatic carbocycles. The highest BCUT2D eigenvalue weighted by Gasteiger charge is 2.25. The number of rotatable bonds is 5. The van der Waals surface area contributed by atoms with E-state index in [2.05, 4.69) is 8.15 Å². The monoisotopic (exact) mass is 206 g/mol. The van der Waals surface area contributed by atoms with E-state index in [1.807, 2.05) is 0 Å². The van der Waals surface area contributed by atoms with Crippen LogP contribution in [0.15, 0.2) is 0 Å². The summed E-state index contributed by atoms with van der Waals surface area (Å²) in [6.07, 6.45) is 0.156. The van der Waals surface area contributed by atoms with Gasteiger partial charge in [0, 0.05) is 0 Å². The average molecular weight is 207 g/mol. The van der Waals surface area contributed by atoms with E-state index in [4.69, 9.17) is 33.0 Å². The Morgan fingerprint density at radius 1 is 1.50 bits per heavy atom. The molecule has 7 heteroatoms. The average Bonchev–Trinajstić information content (AvgIpc) is 2.74. The van der Waals surface area contributed by atoms with E-state index in [0.29, 0.717) is 13.2 Å². The van der Waals surface area contributed by atoms with Gasteiger partial charge in [0.05, 0.1) is 36.9 Å².